The molecule has 0 amide bonds. The summed E-state index contributed by atoms with van der Waals surface area (Å²) in [6, 6.07) is 19.1. The molecule has 0 aliphatic carbocycles. The predicted octanol–water partition coefficient (Wildman–Crippen LogP) is 4.64. The molecule has 1 heterocycles. The number of hydrogen-bond acceptors (Lipinski definition) is 2. The summed E-state index contributed by atoms with van der Waals surface area (Å²) in [7, 11) is 0. The maximum Gasteiger partial charge on any atom is 0.0975 e. The van der Waals surface area contributed by atoms with E-state index in [-0.39, 0.29) is 0 Å². The van der Waals surface area contributed by atoms with Crippen molar-refractivity contribution in [3.8, 4) is 0 Å². The number of benzene rings is 2. The third-order valence-corrected chi connectivity index (χ3v) is 3.50. The first kappa shape index (κ1) is 13.8. The number of aliphatic hydroxyl groups is 1. The molecule has 3 heteroatoms. The molecule has 1 aromatic heterocycles. The average molecular weight is 296 g/mol. The third kappa shape index (κ3) is 3.30. The van der Waals surface area contributed by atoms with E-state index in [4.69, 9.17) is 11.6 Å². The Bertz CT molecular complexity index is 784. The van der Waals surface area contributed by atoms with Gasteiger partial charge in [0.2, 0.25) is 0 Å². The van der Waals surface area contributed by atoms with Gasteiger partial charge in [-0.15, -0.1) is 0 Å². The highest BCUT2D eigenvalue weighted by Crippen LogP contribution is 2.19. The molecule has 2 nitrogen and oxygen atoms in total. The lowest BCUT2D eigenvalue weighted by Gasteiger charge is -2.05. The van der Waals surface area contributed by atoms with Crippen molar-refractivity contribution in [2.45, 2.75) is 6.10 Å². The number of rotatable bonds is 3. The van der Waals surface area contributed by atoms with E-state index in [1.165, 1.54) is 0 Å². The smallest absolute Gasteiger partial charge is 0.0975 e. The van der Waals surface area contributed by atoms with E-state index in [0.717, 1.165) is 22.2 Å². The molecule has 21 heavy (non-hydrogen) atoms. The summed E-state index contributed by atoms with van der Waals surface area (Å²) in [5.41, 5.74) is 2.50. The Morgan fingerprint density at radius 1 is 1.00 bits per heavy atom. The molecular weight excluding hydrogens is 282 g/mol. The van der Waals surface area contributed by atoms with Crippen LogP contribution < -0.4 is 0 Å². The van der Waals surface area contributed by atoms with E-state index < -0.39 is 6.10 Å². The first-order valence-electron chi connectivity index (χ1n) is 6.70. The molecule has 0 aliphatic rings. The highest BCUT2D eigenvalue weighted by molar-refractivity contribution is 6.31. The summed E-state index contributed by atoms with van der Waals surface area (Å²) < 4.78 is 0. The number of aliphatic hydroxyl groups excluding tert-OH is 1. The van der Waals surface area contributed by atoms with Gasteiger partial charge in [-0.1, -0.05) is 54.1 Å². The molecular formula is C18H14ClNO. The van der Waals surface area contributed by atoms with Gasteiger partial charge in [-0.3, -0.25) is 0 Å². The van der Waals surface area contributed by atoms with Crippen LogP contribution >= 0.6 is 11.6 Å². The Balaban J connectivity index is 1.86. The first-order chi connectivity index (χ1) is 10.2. The Morgan fingerprint density at radius 2 is 1.76 bits per heavy atom. The second kappa shape index (κ2) is 6.08. The van der Waals surface area contributed by atoms with Gasteiger partial charge in [0.05, 0.1) is 17.3 Å². The van der Waals surface area contributed by atoms with Crippen molar-refractivity contribution in [1.29, 1.82) is 0 Å². The zero-order valence-electron chi connectivity index (χ0n) is 11.3. The zero-order valence-corrected chi connectivity index (χ0v) is 12.0. The van der Waals surface area contributed by atoms with Crippen LogP contribution in [0.5, 0.6) is 0 Å². The Labute approximate surface area is 128 Å². The summed E-state index contributed by atoms with van der Waals surface area (Å²) in [4.78, 5) is 4.52. The Morgan fingerprint density at radius 3 is 2.57 bits per heavy atom. The van der Waals surface area contributed by atoms with Crippen LogP contribution in [0, 0.1) is 0 Å². The number of hydrogen-bond donors (Lipinski definition) is 1. The fraction of sp³-hybridized carbons (Fsp3) is 0.0556. The van der Waals surface area contributed by atoms with Crippen molar-refractivity contribution in [3.05, 3.63) is 83.0 Å². The second-order valence-electron chi connectivity index (χ2n) is 4.79. The average Bonchev–Trinajstić information content (AvgIpc) is 2.53. The lowest BCUT2D eigenvalue weighted by Crippen LogP contribution is -1.92. The van der Waals surface area contributed by atoms with Crippen molar-refractivity contribution < 1.29 is 5.11 Å². The molecule has 0 aliphatic heterocycles. The third-order valence-electron chi connectivity index (χ3n) is 3.27. The maximum absolute atomic E-state index is 10.1. The van der Waals surface area contributed by atoms with Gasteiger partial charge in [0.1, 0.15) is 0 Å². The molecule has 0 radical (unpaired) electrons. The summed E-state index contributed by atoms with van der Waals surface area (Å²) in [5.74, 6) is 0. The number of halogens is 1. The largest absolute Gasteiger partial charge is 0.384 e. The van der Waals surface area contributed by atoms with Gasteiger partial charge in [0.15, 0.2) is 0 Å². The monoisotopic (exact) mass is 295 g/mol. The van der Waals surface area contributed by atoms with Crippen LogP contribution in [-0.2, 0) is 0 Å². The van der Waals surface area contributed by atoms with Gasteiger partial charge in [-0.2, -0.15) is 0 Å². The first-order valence-corrected chi connectivity index (χ1v) is 7.08. The summed E-state index contributed by atoms with van der Waals surface area (Å²) in [5, 5.41) is 11.8. The van der Waals surface area contributed by atoms with Crippen molar-refractivity contribution in [1.82, 2.24) is 4.98 Å². The standard InChI is InChI=1S/C18H14ClNO/c19-15-8-6-13-7-9-16(20-17(13)12-15)10-11-18(21)14-4-2-1-3-5-14/h1-12,18,21H/b11-10+. The highest BCUT2D eigenvalue weighted by Gasteiger charge is 2.02. The van der Waals surface area contributed by atoms with Crippen molar-refractivity contribution in [2.75, 3.05) is 0 Å². The summed E-state index contributed by atoms with van der Waals surface area (Å²) in [6.07, 6.45) is 2.91. The van der Waals surface area contributed by atoms with Crippen LogP contribution in [0.2, 0.25) is 5.02 Å². The number of pyridine rings is 1. The molecule has 0 fully saturated rings. The van der Waals surface area contributed by atoms with E-state index in [2.05, 4.69) is 4.98 Å². The number of fused-ring (bicyclic) bond motifs is 1. The normalized spacial score (nSPS) is 12.9. The quantitative estimate of drug-likeness (QED) is 0.764. The summed E-state index contributed by atoms with van der Waals surface area (Å²) in [6.45, 7) is 0. The van der Waals surface area contributed by atoms with Crippen LogP contribution in [0.1, 0.15) is 17.4 Å². The maximum atomic E-state index is 10.1. The SMILES string of the molecule is OC(/C=C/c1ccc2ccc(Cl)cc2n1)c1ccccc1. The minimum atomic E-state index is -0.636. The minimum Gasteiger partial charge on any atom is -0.384 e. The van der Waals surface area contributed by atoms with E-state index in [1.54, 1.807) is 6.08 Å². The fourth-order valence-electron chi connectivity index (χ4n) is 2.15. The lowest BCUT2D eigenvalue weighted by molar-refractivity contribution is 0.229. The van der Waals surface area contributed by atoms with Crippen molar-refractivity contribution in [3.63, 3.8) is 0 Å². The van der Waals surface area contributed by atoms with Gasteiger partial charge in [0, 0.05) is 10.4 Å². The van der Waals surface area contributed by atoms with E-state index >= 15 is 0 Å². The van der Waals surface area contributed by atoms with Gasteiger partial charge in [-0.05, 0) is 35.9 Å². The Hall–Kier alpha value is -2.16. The Kier molecular flexibility index (Phi) is 4.00. The number of aromatic nitrogens is 1. The van der Waals surface area contributed by atoms with Crippen molar-refractivity contribution >= 4 is 28.6 Å². The van der Waals surface area contributed by atoms with Gasteiger partial charge < -0.3 is 5.11 Å². The second-order valence-corrected chi connectivity index (χ2v) is 5.22. The van der Waals surface area contributed by atoms with Crippen LogP contribution in [0.4, 0.5) is 0 Å². The van der Waals surface area contributed by atoms with Crippen LogP contribution in [-0.4, -0.2) is 10.1 Å². The highest BCUT2D eigenvalue weighted by atomic mass is 35.5. The minimum absolute atomic E-state index is 0.636. The van der Waals surface area contributed by atoms with Gasteiger partial charge in [0.25, 0.3) is 0 Å². The molecule has 0 bridgehead atoms. The fourth-order valence-corrected chi connectivity index (χ4v) is 2.32. The molecule has 0 saturated carbocycles. The van der Waals surface area contributed by atoms with Crippen molar-refractivity contribution in [2.24, 2.45) is 0 Å². The van der Waals surface area contributed by atoms with E-state index in [0.29, 0.717) is 5.02 Å². The van der Waals surface area contributed by atoms with Gasteiger partial charge in [-0.25, -0.2) is 4.98 Å². The van der Waals surface area contributed by atoms with E-state index in [9.17, 15) is 5.11 Å². The van der Waals surface area contributed by atoms with Gasteiger partial charge >= 0.3 is 0 Å². The molecule has 3 rings (SSSR count). The molecule has 1 N–H and O–H groups in total. The molecule has 1 unspecified atom stereocenters. The zero-order chi connectivity index (χ0) is 14.7. The molecule has 0 saturated heterocycles. The lowest BCUT2D eigenvalue weighted by atomic mass is 10.1. The number of nitrogens with zero attached hydrogens (tertiary/aromatic N) is 1. The van der Waals surface area contributed by atoms with Crippen LogP contribution in [0.25, 0.3) is 17.0 Å². The molecule has 104 valence electrons. The van der Waals surface area contributed by atoms with Crippen LogP contribution in [0.3, 0.4) is 0 Å². The molecule has 2 aromatic carbocycles. The topological polar surface area (TPSA) is 33.1 Å². The molecule has 1 atom stereocenters. The van der Waals surface area contributed by atoms with E-state index in [1.807, 2.05) is 66.7 Å². The van der Waals surface area contributed by atoms with Crippen LogP contribution in [0.15, 0.2) is 66.7 Å². The molecule has 3 aromatic rings. The molecule has 0 spiro atoms. The predicted molar refractivity (Wildman–Crippen MR) is 87.2 cm³/mol. The summed E-state index contributed by atoms with van der Waals surface area (Å²) >= 11 is 5.98.